The molecule has 1 amide bonds. The van der Waals surface area contributed by atoms with Gasteiger partial charge in [-0.15, -0.1) is 0 Å². The molecule has 2 rings (SSSR count). The van der Waals surface area contributed by atoms with Crippen molar-refractivity contribution in [2.45, 2.75) is 50.5 Å². The van der Waals surface area contributed by atoms with Crippen LogP contribution in [0.25, 0.3) is 0 Å². The lowest BCUT2D eigenvalue weighted by atomic mass is 9.87. The van der Waals surface area contributed by atoms with Crippen molar-refractivity contribution >= 4 is 5.91 Å². The number of amides is 1. The molecule has 2 aliphatic rings. The number of carbonyl (C=O) groups is 1. The molecule has 98 valence electrons. The van der Waals surface area contributed by atoms with Crippen LogP contribution in [-0.2, 0) is 4.79 Å². The standard InChI is InChI=1S/C13H25N3O/c14-12(17)13(6-3-1-2-4-7-13)16-10-5-8-15-9-11-16/h15H,1-11H2,(H2,14,17). The van der Waals surface area contributed by atoms with Gasteiger partial charge in [0.25, 0.3) is 0 Å². The Balaban J connectivity index is 2.15. The molecule has 1 saturated carbocycles. The molecule has 0 unspecified atom stereocenters. The molecule has 0 atom stereocenters. The van der Waals surface area contributed by atoms with Gasteiger partial charge in [0.05, 0.1) is 0 Å². The van der Waals surface area contributed by atoms with Gasteiger partial charge in [0.2, 0.25) is 5.91 Å². The Bertz CT molecular complexity index is 251. The molecule has 0 radical (unpaired) electrons. The minimum Gasteiger partial charge on any atom is -0.368 e. The molecule has 4 heteroatoms. The van der Waals surface area contributed by atoms with Crippen molar-refractivity contribution in [3.63, 3.8) is 0 Å². The van der Waals surface area contributed by atoms with Gasteiger partial charge in [-0.05, 0) is 25.8 Å². The minimum absolute atomic E-state index is 0.0960. The van der Waals surface area contributed by atoms with E-state index in [-0.39, 0.29) is 11.4 Å². The third-order valence-electron chi connectivity index (χ3n) is 4.33. The average molecular weight is 239 g/mol. The Morgan fingerprint density at radius 2 is 1.71 bits per heavy atom. The third kappa shape index (κ3) is 2.80. The first-order valence-electron chi connectivity index (χ1n) is 7.01. The fourth-order valence-electron chi connectivity index (χ4n) is 3.31. The molecule has 0 aromatic rings. The zero-order chi connectivity index (χ0) is 12.1. The van der Waals surface area contributed by atoms with Crippen LogP contribution in [0.1, 0.15) is 44.9 Å². The lowest BCUT2D eigenvalue weighted by molar-refractivity contribution is -0.131. The summed E-state index contributed by atoms with van der Waals surface area (Å²) in [5.74, 6) is -0.0960. The van der Waals surface area contributed by atoms with Gasteiger partial charge in [-0.2, -0.15) is 0 Å². The van der Waals surface area contributed by atoms with Gasteiger partial charge in [-0.25, -0.2) is 0 Å². The molecular weight excluding hydrogens is 214 g/mol. The molecule has 2 fully saturated rings. The number of rotatable bonds is 2. The van der Waals surface area contributed by atoms with E-state index >= 15 is 0 Å². The highest BCUT2D eigenvalue weighted by atomic mass is 16.1. The van der Waals surface area contributed by atoms with E-state index in [0.29, 0.717) is 0 Å². The number of nitrogens with one attached hydrogen (secondary N) is 1. The topological polar surface area (TPSA) is 58.4 Å². The van der Waals surface area contributed by atoms with Crippen molar-refractivity contribution in [1.82, 2.24) is 10.2 Å². The summed E-state index contributed by atoms with van der Waals surface area (Å²) in [4.78, 5) is 14.4. The van der Waals surface area contributed by atoms with Crippen LogP contribution in [0.15, 0.2) is 0 Å². The molecular formula is C13H25N3O. The van der Waals surface area contributed by atoms with Crippen molar-refractivity contribution < 1.29 is 4.79 Å². The fourth-order valence-corrected chi connectivity index (χ4v) is 3.31. The van der Waals surface area contributed by atoms with Crippen molar-refractivity contribution in [2.75, 3.05) is 26.2 Å². The van der Waals surface area contributed by atoms with Gasteiger partial charge in [0.1, 0.15) is 5.54 Å². The Morgan fingerprint density at radius 3 is 2.35 bits per heavy atom. The first-order valence-corrected chi connectivity index (χ1v) is 7.01. The van der Waals surface area contributed by atoms with Crippen LogP contribution in [-0.4, -0.2) is 42.5 Å². The number of carbonyl (C=O) groups excluding carboxylic acids is 1. The van der Waals surface area contributed by atoms with Crippen LogP contribution in [0.4, 0.5) is 0 Å². The molecule has 0 aromatic heterocycles. The molecule has 0 aromatic carbocycles. The third-order valence-corrected chi connectivity index (χ3v) is 4.33. The number of primary amides is 1. The fraction of sp³-hybridized carbons (Fsp3) is 0.923. The highest BCUT2D eigenvalue weighted by Gasteiger charge is 2.42. The van der Waals surface area contributed by atoms with E-state index in [1.54, 1.807) is 0 Å². The summed E-state index contributed by atoms with van der Waals surface area (Å²) in [5.41, 5.74) is 5.41. The van der Waals surface area contributed by atoms with E-state index in [1.807, 2.05) is 0 Å². The Kier molecular flexibility index (Phi) is 4.40. The summed E-state index contributed by atoms with van der Waals surface area (Å²) < 4.78 is 0. The predicted molar refractivity (Wildman–Crippen MR) is 68.7 cm³/mol. The molecule has 3 N–H and O–H groups in total. The number of nitrogens with two attached hydrogens (primary N) is 1. The smallest absolute Gasteiger partial charge is 0.237 e. The van der Waals surface area contributed by atoms with Crippen molar-refractivity contribution in [2.24, 2.45) is 5.73 Å². The van der Waals surface area contributed by atoms with Crippen LogP contribution < -0.4 is 11.1 Å². The zero-order valence-electron chi connectivity index (χ0n) is 10.7. The second-order valence-corrected chi connectivity index (χ2v) is 5.40. The van der Waals surface area contributed by atoms with E-state index in [9.17, 15) is 4.79 Å². The summed E-state index contributed by atoms with van der Waals surface area (Å²) in [7, 11) is 0. The molecule has 0 spiro atoms. The van der Waals surface area contributed by atoms with Gasteiger partial charge in [0.15, 0.2) is 0 Å². The highest BCUT2D eigenvalue weighted by Crippen LogP contribution is 2.32. The van der Waals surface area contributed by atoms with Gasteiger partial charge < -0.3 is 11.1 Å². The van der Waals surface area contributed by atoms with Crippen LogP contribution in [0, 0.1) is 0 Å². The first kappa shape index (κ1) is 12.8. The summed E-state index contributed by atoms with van der Waals surface area (Å²) in [5, 5.41) is 3.39. The summed E-state index contributed by atoms with van der Waals surface area (Å²) >= 11 is 0. The predicted octanol–water partition coefficient (Wildman–Crippen LogP) is 0.860. The molecule has 17 heavy (non-hydrogen) atoms. The molecule has 1 heterocycles. The lowest BCUT2D eigenvalue weighted by Gasteiger charge is -2.40. The zero-order valence-corrected chi connectivity index (χ0v) is 10.7. The maximum Gasteiger partial charge on any atom is 0.237 e. The maximum absolute atomic E-state index is 12.0. The van der Waals surface area contributed by atoms with E-state index in [2.05, 4.69) is 10.2 Å². The van der Waals surface area contributed by atoms with Gasteiger partial charge >= 0.3 is 0 Å². The van der Waals surface area contributed by atoms with E-state index in [4.69, 9.17) is 5.73 Å². The van der Waals surface area contributed by atoms with Crippen molar-refractivity contribution in [3.05, 3.63) is 0 Å². The SMILES string of the molecule is NC(=O)C1(N2CCCNCC2)CCCCCC1. The summed E-state index contributed by atoms with van der Waals surface area (Å²) in [6.45, 7) is 4.01. The van der Waals surface area contributed by atoms with Crippen LogP contribution >= 0.6 is 0 Å². The van der Waals surface area contributed by atoms with E-state index in [1.165, 1.54) is 12.8 Å². The molecule has 4 nitrogen and oxygen atoms in total. The molecule has 1 aliphatic carbocycles. The highest BCUT2D eigenvalue weighted by molar-refractivity contribution is 5.84. The van der Waals surface area contributed by atoms with E-state index in [0.717, 1.165) is 58.3 Å². The minimum atomic E-state index is -0.345. The Labute approximate surface area is 104 Å². The van der Waals surface area contributed by atoms with Gasteiger partial charge in [-0.3, -0.25) is 9.69 Å². The largest absolute Gasteiger partial charge is 0.368 e. The van der Waals surface area contributed by atoms with Crippen LogP contribution in [0.5, 0.6) is 0 Å². The second kappa shape index (κ2) is 5.83. The Hall–Kier alpha value is -0.610. The quantitative estimate of drug-likeness (QED) is 0.703. The Morgan fingerprint density at radius 1 is 1.00 bits per heavy atom. The molecule has 0 bridgehead atoms. The van der Waals surface area contributed by atoms with Crippen LogP contribution in [0.3, 0.4) is 0 Å². The summed E-state index contributed by atoms with van der Waals surface area (Å²) in [6, 6.07) is 0. The normalized spacial score (nSPS) is 27.1. The number of hydrogen-bond acceptors (Lipinski definition) is 3. The van der Waals surface area contributed by atoms with E-state index < -0.39 is 0 Å². The van der Waals surface area contributed by atoms with Gasteiger partial charge in [-0.1, -0.05) is 25.7 Å². The number of nitrogens with zero attached hydrogens (tertiary/aromatic N) is 1. The second-order valence-electron chi connectivity index (χ2n) is 5.40. The van der Waals surface area contributed by atoms with Crippen LogP contribution in [0.2, 0.25) is 0 Å². The molecule has 1 saturated heterocycles. The monoisotopic (exact) mass is 239 g/mol. The first-order chi connectivity index (χ1) is 8.26. The summed E-state index contributed by atoms with van der Waals surface area (Å²) in [6.07, 6.45) is 7.83. The van der Waals surface area contributed by atoms with Crippen molar-refractivity contribution in [1.29, 1.82) is 0 Å². The van der Waals surface area contributed by atoms with Gasteiger partial charge in [0, 0.05) is 19.6 Å². The molecule has 1 aliphatic heterocycles. The average Bonchev–Trinajstić information content (AvgIpc) is 2.72. The lowest BCUT2D eigenvalue weighted by Crippen LogP contribution is -2.58. The van der Waals surface area contributed by atoms with Crippen molar-refractivity contribution in [3.8, 4) is 0 Å². The maximum atomic E-state index is 12.0. The number of hydrogen-bond donors (Lipinski definition) is 2.